The van der Waals surface area contributed by atoms with Gasteiger partial charge in [0.2, 0.25) is 0 Å². The molecular formula is C14H14FN3OS. The molecule has 4 nitrogen and oxygen atoms in total. The molecule has 0 fully saturated rings. The van der Waals surface area contributed by atoms with Gasteiger partial charge in [-0.3, -0.25) is 0 Å². The monoisotopic (exact) mass is 291 g/mol. The van der Waals surface area contributed by atoms with Crippen LogP contribution in [0.5, 0.6) is 5.75 Å². The fourth-order valence-electron chi connectivity index (χ4n) is 1.69. The molecule has 0 bridgehead atoms. The smallest absolute Gasteiger partial charge is 0.167 e. The summed E-state index contributed by atoms with van der Waals surface area (Å²) in [4.78, 5) is 4.38. The van der Waals surface area contributed by atoms with Gasteiger partial charge >= 0.3 is 0 Å². The van der Waals surface area contributed by atoms with Gasteiger partial charge in [-0.05, 0) is 31.2 Å². The highest BCUT2D eigenvalue weighted by molar-refractivity contribution is 7.80. The fraction of sp³-hybridized carbons (Fsp3) is 0.143. The number of nitrogens with one attached hydrogen (secondary N) is 1. The summed E-state index contributed by atoms with van der Waals surface area (Å²) in [5.41, 5.74) is 6.77. The predicted molar refractivity (Wildman–Crippen MR) is 81.0 cm³/mol. The van der Waals surface area contributed by atoms with Crippen molar-refractivity contribution in [3.05, 3.63) is 47.9 Å². The molecule has 0 aliphatic carbocycles. The van der Waals surface area contributed by atoms with E-state index in [0.717, 1.165) is 0 Å². The fourth-order valence-corrected chi connectivity index (χ4v) is 1.86. The molecule has 0 saturated heterocycles. The zero-order valence-corrected chi connectivity index (χ0v) is 11.7. The largest absolute Gasteiger partial charge is 0.491 e. The highest BCUT2D eigenvalue weighted by Crippen LogP contribution is 2.24. The highest BCUT2D eigenvalue weighted by Gasteiger charge is 2.08. The first-order valence-electron chi connectivity index (χ1n) is 6.06. The summed E-state index contributed by atoms with van der Waals surface area (Å²) >= 11 is 4.95. The Kier molecular flexibility index (Phi) is 4.47. The lowest BCUT2D eigenvalue weighted by molar-refractivity contribution is 0.321. The second-order valence-corrected chi connectivity index (χ2v) is 4.41. The van der Waals surface area contributed by atoms with E-state index in [-0.39, 0.29) is 10.7 Å². The first-order chi connectivity index (χ1) is 9.61. The van der Waals surface area contributed by atoms with E-state index in [9.17, 15) is 4.39 Å². The molecule has 0 amide bonds. The van der Waals surface area contributed by atoms with Gasteiger partial charge in [0, 0.05) is 18.0 Å². The third-order valence-corrected chi connectivity index (χ3v) is 2.79. The molecule has 1 heterocycles. The van der Waals surface area contributed by atoms with Crippen molar-refractivity contribution in [2.75, 3.05) is 11.9 Å². The average molecular weight is 291 g/mol. The van der Waals surface area contributed by atoms with Crippen molar-refractivity contribution in [3.63, 3.8) is 0 Å². The summed E-state index contributed by atoms with van der Waals surface area (Å²) in [6.07, 6.45) is 1.61. The number of hydrogen-bond acceptors (Lipinski definition) is 4. The van der Waals surface area contributed by atoms with E-state index >= 15 is 0 Å². The number of nitrogens with zero attached hydrogens (tertiary/aromatic N) is 1. The number of hydrogen-bond donors (Lipinski definition) is 2. The van der Waals surface area contributed by atoms with E-state index in [2.05, 4.69) is 10.3 Å². The molecule has 0 atom stereocenters. The van der Waals surface area contributed by atoms with E-state index in [4.69, 9.17) is 22.7 Å². The molecule has 2 aromatic rings. The molecule has 3 N–H and O–H groups in total. The molecule has 0 radical (unpaired) electrons. The van der Waals surface area contributed by atoms with Crippen LogP contribution < -0.4 is 15.8 Å². The zero-order chi connectivity index (χ0) is 14.5. The first-order valence-corrected chi connectivity index (χ1v) is 6.47. The summed E-state index contributed by atoms with van der Waals surface area (Å²) in [6.45, 7) is 2.21. The number of pyridine rings is 1. The SMILES string of the molecule is CCOc1ccc(Nc2ncccc2C(N)=S)cc1F. The minimum atomic E-state index is -0.440. The van der Waals surface area contributed by atoms with Gasteiger partial charge in [0.15, 0.2) is 11.6 Å². The Balaban J connectivity index is 2.27. The molecule has 1 aromatic heterocycles. The number of benzene rings is 1. The van der Waals surface area contributed by atoms with Gasteiger partial charge in [0.05, 0.1) is 12.2 Å². The van der Waals surface area contributed by atoms with Crippen LogP contribution in [0.15, 0.2) is 36.5 Å². The predicted octanol–water partition coefficient (Wildman–Crippen LogP) is 3.00. The van der Waals surface area contributed by atoms with Gasteiger partial charge in [-0.15, -0.1) is 0 Å². The van der Waals surface area contributed by atoms with Crippen molar-refractivity contribution >= 4 is 28.7 Å². The van der Waals surface area contributed by atoms with Crippen molar-refractivity contribution < 1.29 is 9.13 Å². The van der Waals surface area contributed by atoms with E-state index in [1.807, 2.05) is 0 Å². The topological polar surface area (TPSA) is 60.2 Å². The van der Waals surface area contributed by atoms with Crippen LogP contribution in [0.2, 0.25) is 0 Å². The maximum Gasteiger partial charge on any atom is 0.167 e. The van der Waals surface area contributed by atoms with E-state index in [1.165, 1.54) is 6.07 Å². The van der Waals surface area contributed by atoms with Crippen LogP contribution in [0.3, 0.4) is 0 Å². The van der Waals surface area contributed by atoms with Crippen molar-refractivity contribution in [1.29, 1.82) is 0 Å². The number of thiocarbonyl (C=S) groups is 1. The lowest BCUT2D eigenvalue weighted by Crippen LogP contribution is -2.12. The van der Waals surface area contributed by atoms with Gasteiger partial charge < -0.3 is 15.8 Å². The Hall–Kier alpha value is -2.21. The minimum Gasteiger partial charge on any atom is -0.491 e. The molecule has 20 heavy (non-hydrogen) atoms. The molecule has 6 heteroatoms. The second kappa shape index (κ2) is 6.29. The van der Waals surface area contributed by atoms with Crippen LogP contribution in [0.25, 0.3) is 0 Å². The normalized spacial score (nSPS) is 10.1. The standard InChI is InChI=1S/C14H14FN3OS/c1-2-19-12-6-5-9(8-11(12)15)18-14-10(13(16)20)4-3-7-17-14/h3-8H,2H2,1H3,(H2,16,20)(H,17,18). The number of halogens is 1. The van der Waals surface area contributed by atoms with Crippen LogP contribution in [0.1, 0.15) is 12.5 Å². The number of ether oxygens (including phenoxy) is 1. The number of anilines is 2. The molecule has 2 rings (SSSR count). The summed E-state index contributed by atoms with van der Waals surface area (Å²) in [6, 6.07) is 8.08. The number of nitrogens with two attached hydrogens (primary N) is 1. The van der Waals surface area contributed by atoms with Crippen molar-refractivity contribution in [1.82, 2.24) is 4.98 Å². The maximum atomic E-state index is 13.8. The Bertz CT molecular complexity index is 634. The van der Waals surface area contributed by atoms with Gasteiger partial charge in [-0.2, -0.15) is 0 Å². The van der Waals surface area contributed by atoms with Crippen LogP contribution in [0, 0.1) is 5.82 Å². The van der Waals surface area contributed by atoms with Crippen molar-refractivity contribution in [2.24, 2.45) is 5.73 Å². The third-order valence-electron chi connectivity index (χ3n) is 2.57. The molecule has 0 aliphatic heterocycles. The molecule has 1 aromatic carbocycles. The van der Waals surface area contributed by atoms with Gasteiger partial charge in [0.1, 0.15) is 10.8 Å². The van der Waals surface area contributed by atoms with Crippen LogP contribution in [0.4, 0.5) is 15.9 Å². The lowest BCUT2D eigenvalue weighted by Gasteiger charge is -2.11. The average Bonchev–Trinajstić information content (AvgIpc) is 2.42. The molecule has 0 aliphatic rings. The summed E-state index contributed by atoms with van der Waals surface area (Å²) in [5, 5.41) is 2.99. The Morgan fingerprint density at radius 3 is 2.90 bits per heavy atom. The quantitative estimate of drug-likeness (QED) is 0.829. The number of rotatable bonds is 5. The molecule has 104 valence electrons. The van der Waals surface area contributed by atoms with E-state index < -0.39 is 5.82 Å². The summed E-state index contributed by atoms with van der Waals surface area (Å²) < 4.78 is 18.9. The summed E-state index contributed by atoms with van der Waals surface area (Å²) in [7, 11) is 0. The second-order valence-electron chi connectivity index (χ2n) is 3.97. The zero-order valence-electron chi connectivity index (χ0n) is 10.9. The van der Waals surface area contributed by atoms with Gasteiger partial charge in [-0.1, -0.05) is 12.2 Å². The molecular weight excluding hydrogens is 277 g/mol. The van der Waals surface area contributed by atoms with Crippen LogP contribution in [-0.2, 0) is 0 Å². The maximum absolute atomic E-state index is 13.8. The molecule has 0 saturated carbocycles. The highest BCUT2D eigenvalue weighted by atomic mass is 32.1. The van der Waals surface area contributed by atoms with E-state index in [1.54, 1.807) is 37.4 Å². The Morgan fingerprint density at radius 1 is 1.45 bits per heavy atom. The minimum absolute atomic E-state index is 0.216. The lowest BCUT2D eigenvalue weighted by atomic mass is 10.2. The van der Waals surface area contributed by atoms with Crippen molar-refractivity contribution in [3.8, 4) is 5.75 Å². The van der Waals surface area contributed by atoms with Gasteiger partial charge in [-0.25, -0.2) is 9.37 Å². The Labute approximate surface area is 121 Å². The number of aromatic nitrogens is 1. The van der Waals surface area contributed by atoms with Gasteiger partial charge in [0.25, 0.3) is 0 Å². The van der Waals surface area contributed by atoms with E-state index in [0.29, 0.717) is 23.7 Å². The first kappa shape index (κ1) is 14.2. The molecule has 0 spiro atoms. The third kappa shape index (κ3) is 3.21. The van der Waals surface area contributed by atoms with Crippen molar-refractivity contribution in [2.45, 2.75) is 6.92 Å². The summed E-state index contributed by atoms with van der Waals surface area (Å²) in [5.74, 6) is 0.266. The van der Waals surface area contributed by atoms with Crippen LogP contribution >= 0.6 is 12.2 Å². The Morgan fingerprint density at radius 2 is 2.25 bits per heavy atom. The van der Waals surface area contributed by atoms with Crippen LogP contribution in [-0.4, -0.2) is 16.6 Å². The molecule has 0 unspecified atom stereocenters.